The van der Waals surface area contributed by atoms with E-state index >= 15 is 0 Å². The maximum absolute atomic E-state index is 12.9. The van der Waals surface area contributed by atoms with Crippen molar-refractivity contribution in [1.29, 1.82) is 0 Å². The van der Waals surface area contributed by atoms with Gasteiger partial charge in [0.25, 0.3) is 0 Å². The van der Waals surface area contributed by atoms with Gasteiger partial charge in [0, 0.05) is 16.5 Å². The predicted molar refractivity (Wildman–Crippen MR) is 121 cm³/mol. The fraction of sp³-hybridized carbons (Fsp3) is 0.208. The Morgan fingerprint density at radius 2 is 1.88 bits per heavy atom. The summed E-state index contributed by atoms with van der Waals surface area (Å²) in [6, 6.07) is 11.5. The number of hydrogen-bond acceptors (Lipinski definition) is 6. The van der Waals surface area contributed by atoms with Crippen LogP contribution in [0.1, 0.15) is 17.0 Å². The number of aromatic amines is 1. The minimum atomic E-state index is -0.214. The number of aryl methyl sites for hydroxylation is 2. The van der Waals surface area contributed by atoms with Gasteiger partial charge in [-0.05, 0) is 32.0 Å². The zero-order valence-electron chi connectivity index (χ0n) is 18.2. The zero-order valence-corrected chi connectivity index (χ0v) is 18.2. The van der Waals surface area contributed by atoms with Gasteiger partial charge < -0.3 is 19.0 Å². The highest BCUT2D eigenvalue weighted by Crippen LogP contribution is 2.38. The van der Waals surface area contributed by atoms with Gasteiger partial charge in [0.1, 0.15) is 17.3 Å². The maximum atomic E-state index is 12.9. The van der Waals surface area contributed by atoms with E-state index in [0.717, 1.165) is 44.6 Å². The van der Waals surface area contributed by atoms with Gasteiger partial charge in [-0.1, -0.05) is 23.4 Å². The van der Waals surface area contributed by atoms with Crippen LogP contribution in [-0.4, -0.2) is 33.9 Å². The minimum Gasteiger partial charge on any atom is -0.496 e. The van der Waals surface area contributed by atoms with Crippen LogP contribution in [0, 0.1) is 13.8 Å². The van der Waals surface area contributed by atoms with Crippen molar-refractivity contribution < 1.29 is 14.0 Å². The smallest absolute Gasteiger partial charge is 0.326 e. The monoisotopic (exact) mass is 430 g/mol. The number of aromatic nitrogens is 4. The van der Waals surface area contributed by atoms with E-state index in [2.05, 4.69) is 15.1 Å². The Hall–Kier alpha value is -4.07. The summed E-state index contributed by atoms with van der Waals surface area (Å²) < 4.78 is 18.3. The first kappa shape index (κ1) is 19.9. The van der Waals surface area contributed by atoms with Crippen molar-refractivity contribution in [3.8, 4) is 22.6 Å². The molecule has 0 fully saturated rings. The fourth-order valence-corrected chi connectivity index (χ4v) is 4.26. The Morgan fingerprint density at radius 1 is 1.09 bits per heavy atom. The molecule has 32 heavy (non-hydrogen) atoms. The van der Waals surface area contributed by atoms with Crippen molar-refractivity contribution >= 4 is 21.9 Å². The molecule has 8 heteroatoms. The van der Waals surface area contributed by atoms with Crippen LogP contribution in [0.3, 0.4) is 0 Å². The number of H-pyrrole nitrogens is 1. The SMILES string of the molecule is COc1ccccc1Cn1c(=O)[nH]c2cnc3cc(-c4c(C)noc4C)c(OC)cc3c21. The Kier molecular flexibility index (Phi) is 4.70. The number of ether oxygens (including phenoxy) is 2. The zero-order chi connectivity index (χ0) is 22.4. The van der Waals surface area contributed by atoms with E-state index in [9.17, 15) is 4.79 Å². The summed E-state index contributed by atoms with van der Waals surface area (Å²) in [6.45, 7) is 4.12. The van der Waals surface area contributed by atoms with E-state index in [1.54, 1.807) is 25.0 Å². The van der Waals surface area contributed by atoms with E-state index in [-0.39, 0.29) is 5.69 Å². The molecule has 0 aliphatic carbocycles. The molecule has 0 atom stereocenters. The van der Waals surface area contributed by atoms with E-state index in [4.69, 9.17) is 14.0 Å². The van der Waals surface area contributed by atoms with Crippen LogP contribution in [-0.2, 0) is 6.54 Å². The lowest BCUT2D eigenvalue weighted by molar-refractivity contribution is 0.393. The van der Waals surface area contributed by atoms with Crippen molar-refractivity contribution in [1.82, 2.24) is 19.7 Å². The molecule has 162 valence electrons. The van der Waals surface area contributed by atoms with Crippen molar-refractivity contribution in [3.05, 3.63) is 70.1 Å². The number of fused-ring (bicyclic) bond motifs is 3. The Bertz CT molecular complexity index is 1510. The highest BCUT2D eigenvalue weighted by atomic mass is 16.5. The molecule has 0 radical (unpaired) electrons. The van der Waals surface area contributed by atoms with E-state index < -0.39 is 0 Å². The molecule has 0 aliphatic heterocycles. The Morgan fingerprint density at radius 3 is 2.59 bits per heavy atom. The molecular weight excluding hydrogens is 408 g/mol. The minimum absolute atomic E-state index is 0.214. The second-order valence-electron chi connectivity index (χ2n) is 7.62. The number of benzene rings is 2. The van der Waals surface area contributed by atoms with Crippen LogP contribution >= 0.6 is 0 Å². The van der Waals surface area contributed by atoms with Crippen molar-refractivity contribution in [2.45, 2.75) is 20.4 Å². The molecule has 5 rings (SSSR count). The first-order valence-corrected chi connectivity index (χ1v) is 10.2. The third-order valence-corrected chi connectivity index (χ3v) is 5.74. The van der Waals surface area contributed by atoms with Gasteiger partial charge in [0.15, 0.2) is 0 Å². The van der Waals surface area contributed by atoms with E-state index in [1.165, 1.54) is 0 Å². The topological polar surface area (TPSA) is 95.2 Å². The molecule has 3 heterocycles. The van der Waals surface area contributed by atoms with Gasteiger partial charge in [-0.3, -0.25) is 9.55 Å². The molecular formula is C24H22N4O4. The summed E-state index contributed by atoms with van der Waals surface area (Å²) in [5.74, 6) is 2.08. The number of nitrogens with zero attached hydrogens (tertiary/aromatic N) is 3. The van der Waals surface area contributed by atoms with Crippen LogP contribution in [0.4, 0.5) is 0 Å². The third-order valence-electron chi connectivity index (χ3n) is 5.74. The number of methoxy groups -OCH3 is 2. The fourth-order valence-electron chi connectivity index (χ4n) is 4.26. The highest BCUT2D eigenvalue weighted by Gasteiger charge is 2.20. The lowest BCUT2D eigenvalue weighted by Crippen LogP contribution is -2.17. The van der Waals surface area contributed by atoms with Crippen molar-refractivity contribution in [3.63, 3.8) is 0 Å². The van der Waals surface area contributed by atoms with Crippen LogP contribution in [0.2, 0.25) is 0 Å². The summed E-state index contributed by atoms with van der Waals surface area (Å²) >= 11 is 0. The number of hydrogen-bond donors (Lipinski definition) is 1. The standard InChI is InChI=1S/C24H22N4O4/c1-13-22(14(2)32-27-13)17-9-18-16(10-21(17)31-4)23-19(11-25-18)26-24(29)28(23)12-15-7-5-6-8-20(15)30-3/h5-11H,12H2,1-4H3,(H,26,29). The molecule has 0 saturated heterocycles. The van der Waals surface area contributed by atoms with Crippen molar-refractivity contribution in [2.75, 3.05) is 14.2 Å². The average molecular weight is 430 g/mol. The van der Waals surface area contributed by atoms with Gasteiger partial charge in [0.2, 0.25) is 0 Å². The summed E-state index contributed by atoms with van der Waals surface area (Å²) in [5, 5.41) is 4.87. The summed E-state index contributed by atoms with van der Waals surface area (Å²) in [5.41, 5.74) is 5.34. The summed E-state index contributed by atoms with van der Waals surface area (Å²) in [6.07, 6.45) is 1.68. The van der Waals surface area contributed by atoms with Gasteiger partial charge in [0.05, 0.1) is 54.8 Å². The van der Waals surface area contributed by atoms with Crippen LogP contribution in [0.5, 0.6) is 11.5 Å². The molecule has 0 unspecified atom stereocenters. The summed E-state index contributed by atoms with van der Waals surface area (Å²) in [4.78, 5) is 20.4. The van der Waals surface area contributed by atoms with Gasteiger partial charge in [-0.25, -0.2) is 4.79 Å². The number of para-hydroxylation sites is 1. The lowest BCUT2D eigenvalue weighted by Gasteiger charge is -2.13. The molecule has 0 aliphatic rings. The molecule has 0 spiro atoms. The number of rotatable bonds is 5. The van der Waals surface area contributed by atoms with E-state index in [0.29, 0.717) is 23.6 Å². The largest absolute Gasteiger partial charge is 0.496 e. The molecule has 1 N–H and O–H groups in total. The Labute approximate surface area is 183 Å². The predicted octanol–water partition coefficient (Wildman–Crippen LogP) is 4.22. The molecule has 2 aromatic carbocycles. The number of imidazole rings is 1. The molecule has 0 saturated carbocycles. The number of nitrogens with one attached hydrogen (secondary N) is 1. The first-order chi connectivity index (χ1) is 15.5. The third kappa shape index (κ3) is 3.03. The molecule has 3 aromatic heterocycles. The molecule has 0 amide bonds. The van der Waals surface area contributed by atoms with Crippen LogP contribution in [0.25, 0.3) is 33.1 Å². The lowest BCUT2D eigenvalue weighted by atomic mass is 10.0. The second-order valence-corrected chi connectivity index (χ2v) is 7.62. The second kappa shape index (κ2) is 7.56. The van der Waals surface area contributed by atoms with Crippen molar-refractivity contribution in [2.24, 2.45) is 0 Å². The highest BCUT2D eigenvalue weighted by molar-refractivity contribution is 6.04. The van der Waals surface area contributed by atoms with Crippen LogP contribution in [0.15, 0.2) is 51.9 Å². The normalized spacial score (nSPS) is 11.4. The van der Waals surface area contributed by atoms with Gasteiger partial charge >= 0.3 is 5.69 Å². The molecule has 5 aromatic rings. The first-order valence-electron chi connectivity index (χ1n) is 10.2. The van der Waals surface area contributed by atoms with Crippen LogP contribution < -0.4 is 15.2 Å². The summed E-state index contributed by atoms with van der Waals surface area (Å²) in [7, 11) is 3.24. The maximum Gasteiger partial charge on any atom is 0.326 e. The van der Waals surface area contributed by atoms with E-state index in [1.807, 2.05) is 50.2 Å². The quantitative estimate of drug-likeness (QED) is 0.449. The molecule has 0 bridgehead atoms. The van der Waals surface area contributed by atoms with Gasteiger partial charge in [-0.2, -0.15) is 0 Å². The average Bonchev–Trinajstić information content (AvgIpc) is 3.31. The molecule has 8 nitrogen and oxygen atoms in total. The Balaban J connectivity index is 1.77. The van der Waals surface area contributed by atoms with Gasteiger partial charge in [-0.15, -0.1) is 0 Å². The number of pyridine rings is 1.